The predicted octanol–water partition coefficient (Wildman–Crippen LogP) is 1.79. The number of halogens is 2. The molecule has 1 amide bonds. The Bertz CT molecular complexity index is 653. The number of carbonyl (C=O) groups excluding carboxylic acids is 1. The minimum Gasteiger partial charge on any atom is -0.395 e. The monoisotopic (exact) mass is 321 g/mol. The lowest BCUT2D eigenvalue weighted by molar-refractivity contribution is -0.117. The molecule has 5 nitrogen and oxygen atoms in total. The number of amides is 1. The van der Waals surface area contributed by atoms with Gasteiger partial charge in [-0.3, -0.25) is 14.7 Å². The van der Waals surface area contributed by atoms with Crippen LogP contribution >= 0.6 is 0 Å². The van der Waals surface area contributed by atoms with Crippen molar-refractivity contribution in [3.05, 3.63) is 59.9 Å². The van der Waals surface area contributed by atoms with E-state index in [0.717, 1.165) is 11.6 Å². The molecule has 122 valence electrons. The first-order valence-electron chi connectivity index (χ1n) is 7.05. The van der Waals surface area contributed by atoms with Gasteiger partial charge in [-0.25, -0.2) is 8.78 Å². The molecule has 1 aromatic carbocycles. The highest BCUT2D eigenvalue weighted by Gasteiger charge is 2.13. The number of rotatable bonds is 7. The third kappa shape index (κ3) is 5.39. The van der Waals surface area contributed by atoms with Crippen LogP contribution < -0.4 is 5.32 Å². The summed E-state index contributed by atoms with van der Waals surface area (Å²) in [4.78, 5) is 17.7. The maximum Gasteiger partial charge on any atom is 0.238 e. The van der Waals surface area contributed by atoms with Gasteiger partial charge in [0.1, 0.15) is 11.6 Å². The van der Waals surface area contributed by atoms with Crippen molar-refractivity contribution in [2.24, 2.45) is 0 Å². The lowest BCUT2D eigenvalue weighted by Gasteiger charge is -2.20. The Morgan fingerprint density at radius 1 is 1.30 bits per heavy atom. The van der Waals surface area contributed by atoms with Crippen molar-refractivity contribution in [1.29, 1.82) is 0 Å². The van der Waals surface area contributed by atoms with Crippen LogP contribution in [0, 0.1) is 11.6 Å². The molecule has 2 aromatic rings. The van der Waals surface area contributed by atoms with E-state index < -0.39 is 17.5 Å². The van der Waals surface area contributed by atoms with Crippen LogP contribution in [0.25, 0.3) is 0 Å². The highest BCUT2D eigenvalue weighted by atomic mass is 19.1. The Morgan fingerprint density at radius 3 is 2.78 bits per heavy atom. The summed E-state index contributed by atoms with van der Waals surface area (Å²) in [5, 5.41) is 11.5. The van der Waals surface area contributed by atoms with E-state index in [1.165, 1.54) is 6.07 Å². The highest BCUT2D eigenvalue weighted by Crippen LogP contribution is 2.15. The second-order valence-electron chi connectivity index (χ2n) is 4.97. The van der Waals surface area contributed by atoms with Gasteiger partial charge >= 0.3 is 0 Å². The maximum absolute atomic E-state index is 13.5. The summed E-state index contributed by atoms with van der Waals surface area (Å²) >= 11 is 0. The Balaban J connectivity index is 1.97. The zero-order valence-electron chi connectivity index (χ0n) is 12.4. The van der Waals surface area contributed by atoms with Crippen LogP contribution in [0.15, 0.2) is 42.7 Å². The van der Waals surface area contributed by atoms with E-state index in [2.05, 4.69) is 10.3 Å². The molecule has 0 aliphatic carbocycles. The van der Waals surface area contributed by atoms with Gasteiger partial charge in [-0.05, 0) is 23.8 Å². The van der Waals surface area contributed by atoms with Gasteiger partial charge in [-0.2, -0.15) is 0 Å². The molecule has 0 fully saturated rings. The fraction of sp³-hybridized carbons (Fsp3) is 0.250. The minimum atomic E-state index is -0.834. The number of aromatic nitrogens is 1. The second kappa shape index (κ2) is 8.30. The average molecular weight is 321 g/mol. The molecule has 0 saturated heterocycles. The zero-order valence-corrected chi connectivity index (χ0v) is 12.4. The number of pyridine rings is 1. The quantitative estimate of drug-likeness (QED) is 0.816. The number of nitrogens with zero attached hydrogens (tertiary/aromatic N) is 2. The lowest BCUT2D eigenvalue weighted by Crippen LogP contribution is -2.35. The van der Waals surface area contributed by atoms with Crippen LogP contribution in [0.5, 0.6) is 0 Å². The van der Waals surface area contributed by atoms with Crippen molar-refractivity contribution in [3.63, 3.8) is 0 Å². The number of hydrogen-bond acceptors (Lipinski definition) is 4. The molecule has 0 aliphatic rings. The van der Waals surface area contributed by atoms with Gasteiger partial charge in [-0.15, -0.1) is 0 Å². The third-order valence-electron chi connectivity index (χ3n) is 3.12. The van der Waals surface area contributed by atoms with E-state index >= 15 is 0 Å². The molecule has 0 atom stereocenters. The van der Waals surface area contributed by atoms with E-state index in [9.17, 15) is 13.6 Å². The van der Waals surface area contributed by atoms with Gasteiger partial charge in [0, 0.05) is 31.5 Å². The topological polar surface area (TPSA) is 65.5 Å². The molecule has 1 aromatic heterocycles. The molecule has 2 rings (SSSR count). The van der Waals surface area contributed by atoms with Gasteiger partial charge in [0.25, 0.3) is 0 Å². The van der Waals surface area contributed by atoms with E-state index in [-0.39, 0.29) is 25.4 Å². The molecule has 1 heterocycles. The number of benzene rings is 1. The number of carbonyl (C=O) groups is 1. The van der Waals surface area contributed by atoms with E-state index in [1.807, 2.05) is 6.07 Å². The molecule has 0 saturated carbocycles. The molecular formula is C16H17F2N3O2. The number of hydrogen-bond donors (Lipinski definition) is 2. The van der Waals surface area contributed by atoms with Crippen LogP contribution in [-0.2, 0) is 11.3 Å². The summed E-state index contributed by atoms with van der Waals surface area (Å²) in [6.45, 7) is 0.562. The summed E-state index contributed by atoms with van der Waals surface area (Å²) in [7, 11) is 0. The summed E-state index contributed by atoms with van der Waals surface area (Å²) in [5.74, 6) is -1.99. The van der Waals surface area contributed by atoms with E-state index in [0.29, 0.717) is 12.6 Å². The number of aliphatic hydroxyl groups is 1. The number of aliphatic hydroxyl groups excluding tert-OH is 1. The van der Waals surface area contributed by atoms with Gasteiger partial charge in [0.05, 0.1) is 18.8 Å². The molecule has 0 spiro atoms. The molecule has 2 N–H and O–H groups in total. The minimum absolute atomic E-state index is 0.0354. The smallest absolute Gasteiger partial charge is 0.238 e. The van der Waals surface area contributed by atoms with Crippen molar-refractivity contribution in [3.8, 4) is 0 Å². The molecule has 0 unspecified atom stereocenters. The summed E-state index contributed by atoms with van der Waals surface area (Å²) in [5.41, 5.74) is 0.809. The standard InChI is InChI=1S/C16H17F2N3O2/c17-13-3-4-15(14(18)8-13)20-16(23)11-21(6-7-22)10-12-2-1-5-19-9-12/h1-5,8-9,22H,6-7,10-11H2,(H,20,23). The highest BCUT2D eigenvalue weighted by molar-refractivity contribution is 5.92. The summed E-state index contributed by atoms with van der Waals surface area (Å²) in [6, 6.07) is 6.58. The number of nitrogens with one attached hydrogen (secondary N) is 1. The molecule has 0 aliphatic heterocycles. The van der Waals surface area contributed by atoms with Crippen LogP contribution in [0.3, 0.4) is 0 Å². The first-order chi connectivity index (χ1) is 11.1. The van der Waals surface area contributed by atoms with Gasteiger partial charge < -0.3 is 10.4 Å². The van der Waals surface area contributed by atoms with Crippen LogP contribution in [-0.4, -0.2) is 40.6 Å². The fourth-order valence-electron chi connectivity index (χ4n) is 2.09. The summed E-state index contributed by atoms with van der Waals surface area (Å²) in [6.07, 6.45) is 3.31. The summed E-state index contributed by atoms with van der Waals surface area (Å²) < 4.78 is 26.4. The molecular weight excluding hydrogens is 304 g/mol. The van der Waals surface area contributed by atoms with Crippen molar-refractivity contribution in [2.45, 2.75) is 6.54 Å². The van der Waals surface area contributed by atoms with Crippen LogP contribution in [0.4, 0.5) is 14.5 Å². The largest absolute Gasteiger partial charge is 0.395 e. The maximum atomic E-state index is 13.5. The third-order valence-corrected chi connectivity index (χ3v) is 3.12. The molecule has 7 heteroatoms. The normalized spacial score (nSPS) is 10.8. The molecule has 0 radical (unpaired) electrons. The van der Waals surface area contributed by atoms with Crippen LogP contribution in [0.2, 0.25) is 0 Å². The lowest BCUT2D eigenvalue weighted by atomic mass is 10.2. The van der Waals surface area contributed by atoms with Crippen molar-refractivity contribution < 1.29 is 18.7 Å². The first-order valence-corrected chi connectivity index (χ1v) is 7.05. The van der Waals surface area contributed by atoms with Crippen molar-refractivity contribution >= 4 is 11.6 Å². The Kier molecular flexibility index (Phi) is 6.13. The fourth-order valence-corrected chi connectivity index (χ4v) is 2.09. The zero-order chi connectivity index (χ0) is 16.7. The van der Waals surface area contributed by atoms with Crippen molar-refractivity contribution in [2.75, 3.05) is 25.0 Å². The molecule has 0 bridgehead atoms. The Morgan fingerprint density at radius 2 is 2.13 bits per heavy atom. The predicted molar refractivity (Wildman–Crippen MR) is 81.6 cm³/mol. The van der Waals surface area contributed by atoms with Gasteiger partial charge in [-0.1, -0.05) is 6.07 Å². The van der Waals surface area contributed by atoms with Crippen LogP contribution in [0.1, 0.15) is 5.56 Å². The van der Waals surface area contributed by atoms with E-state index in [4.69, 9.17) is 5.11 Å². The number of anilines is 1. The Hall–Kier alpha value is -2.38. The average Bonchev–Trinajstić information content (AvgIpc) is 2.51. The van der Waals surface area contributed by atoms with Gasteiger partial charge in [0.2, 0.25) is 5.91 Å². The molecule has 23 heavy (non-hydrogen) atoms. The first kappa shape index (κ1) is 17.0. The Labute approximate surface area is 132 Å². The SMILES string of the molecule is O=C(CN(CCO)Cc1cccnc1)Nc1ccc(F)cc1F. The van der Waals surface area contributed by atoms with Gasteiger partial charge in [0.15, 0.2) is 0 Å². The van der Waals surface area contributed by atoms with E-state index in [1.54, 1.807) is 23.4 Å². The second-order valence-corrected chi connectivity index (χ2v) is 4.97. The van der Waals surface area contributed by atoms with Crippen molar-refractivity contribution in [1.82, 2.24) is 9.88 Å².